The zero-order valence-corrected chi connectivity index (χ0v) is 7.68. The molecule has 12 heavy (non-hydrogen) atoms. The first kappa shape index (κ1) is 7.49. The number of hydrogen-bond acceptors (Lipinski definition) is 3. The fourth-order valence-electron chi connectivity index (χ4n) is 1.26. The number of aromatic nitrogens is 2. The molecule has 0 aromatic carbocycles. The molecule has 0 aliphatic heterocycles. The minimum atomic E-state index is 0.678. The van der Waals surface area contributed by atoms with Crippen molar-refractivity contribution in [3.63, 3.8) is 0 Å². The monoisotopic (exact) mass is 180 g/mol. The van der Waals surface area contributed by atoms with Crippen LogP contribution >= 0.6 is 11.3 Å². The van der Waals surface area contributed by atoms with Crippen LogP contribution in [0.3, 0.4) is 0 Å². The van der Waals surface area contributed by atoms with Gasteiger partial charge in [-0.3, -0.25) is 4.79 Å². The second-order valence-corrected chi connectivity index (χ2v) is 3.88. The third-order valence-corrected chi connectivity index (χ3v) is 2.83. The van der Waals surface area contributed by atoms with E-state index >= 15 is 0 Å². The Labute approximate surface area is 73.6 Å². The molecule has 2 aromatic rings. The summed E-state index contributed by atoms with van der Waals surface area (Å²) in [6.07, 6.45) is 2.65. The molecule has 0 atom stereocenters. The maximum atomic E-state index is 10.6. The molecule has 0 aliphatic rings. The molecule has 4 heteroatoms. The molecular weight excluding hydrogens is 172 g/mol. The molecule has 0 aliphatic carbocycles. The second kappa shape index (κ2) is 2.42. The van der Waals surface area contributed by atoms with Crippen molar-refractivity contribution in [3.05, 3.63) is 16.8 Å². The van der Waals surface area contributed by atoms with Crippen LogP contribution in [0.1, 0.15) is 15.4 Å². The summed E-state index contributed by atoms with van der Waals surface area (Å²) in [6.45, 7) is 1.94. The lowest BCUT2D eigenvalue weighted by atomic mass is 10.3. The molecule has 62 valence electrons. The fourth-order valence-corrected chi connectivity index (χ4v) is 2.13. The van der Waals surface area contributed by atoms with Gasteiger partial charge in [-0.05, 0) is 6.92 Å². The summed E-state index contributed by atoms with van der Waals surface area (Å²) in [5.41, 5.74) is 1.51. The van der Waals surface area contributed by atoms with Crippen LogP contribution < -0.4 is 0 Å². The molecule has 0 spiro atoms. The average Bonchev–Trinajstić information content (AvgIpc) is 2.52. The lowest BCUT2D eigenvalue weighted by molar-refractivity contribution is 0.112. The number of thiazole rings is 1. The standard InChI is InChI=1S/C8H8N2OS/c1-5-9-7-6(4-11)3-10(2)8(7)12-5/h3-4H,1-2H3. The van der Waals surface area contributed by atoms with Crippen molar-refractivity contribution in [1.29, 1.82) is 0 Å². The van der Waals surface area contributed by atoms with Gasteiger partial charge in [0.1, 0.15) is 10.3 Å². The highest BCUT2D eigenvalue weighted by Gasteiger charge is 2.09. The van der Waals surface area contributed by atoms with Crippen LogP contribution in [-0.4, -0.2) is 15.8 Å². The number of hydrogen-bond donors (Lipinski definition) is 0. The molecule has 0 amide bonds. The topological polar surface area (TPSA) is 34.9 Å². The number of fused-ring (bicyclic) bond motifs is 1. The Kier molecular flexibility index (Phi) is 1.51. The van der Waals surface area contributed by atoms with Crippen molar-refractivity contribution < 1.29 is 4.79 Å². The van der Waals surface area contributed by atoms with E-state index in [0.29, 0.717) is 5.56 Å². The molecule has 0 N–H and O–H groups in total. The zero-order valence-electron chi connectivity index (χ0n) is 6.87. The van der Waals surface area contributed by atoms with Crippen LogP contribution in [0.15, 0.2) is 6.20 Å². The Morgan fingerprint density at radius 1 is 1.67 bits per heavy atom. The quantitative estimate of drug-likeness (QED) is 0.627. The average molecular weight is 180 g/mol. The van der Waals surface area contributed by atoms with E-state index < -0.39 is 0 Å². The van der Waals surface area contributed by atoms with Crippen LogP contribution in [0.25, 0.3) is 10.3 Å². The SMILES string of the molecule is Cc1nc2c(C=O)cn(C)c2s1. The van der Waals surface area contributed by atoms with Crippen molar-refractivity contribution in [1.82, 2.24) is 9.55 Å². The predicted molar refractivity (Wildman–Crippen MR) is 48.7 cm³/mol. The molecule has 0 saturated heterocycles. The van der Waals surface area contributed by atoms with Gasteiger partial charge in [-0.15, -0.1) is 11.3 Å². The smallest absolute Gasteiger partial charge is 0.153 e. The van der Waals surface area contributed by atoms with E-state index in [0.717, 1.165) is 21.6 Å². The van der Waals surface area contributed by atoms with Gasteiger partial charge in [-0.25, -0.2) is 4.98 Å². The predicted octanol–water partition coefficient (Wildman–Crippen LogP) is 1.76. The summed E-state index contributed by atoms with van der Waals surface area (Å²) in [6, 6.07) is 0. The van der Waals surface area contributed by atoms with E-state index in [-0.39, 0.29) is 0 Å². The Hall–Kier alpha value is -1.16. The highest BCUT2D eigenvalue weighted by Crippen LogP contribution is 2.24. The Morgan fingerprint density at radius 3 is 3.08 bits per heavy atom. The molecule has 0 saturated carbocycles. The van der Waals surface area contributed by atoms with E-state index in [1.54, 1.807) is 17.5 Å². The molecule has 2 aromatic heterocycles. The highest BCUT2D eigenvalue weighted by atomic mass is 32.1. The van der Waals surface area contributed by atoms with E-state index in [1.807, 2.05) is 18.5 Å². The maximum Gasteiger partial charge on any atom is 0.153 e. The minimum absolute atomic E-state index is 0.678. The Morgan fingerprint density at radius 2 is 2.42 bits per heavy atom. The summed E-state index contributed by atoms with van der Waals surface area (Å²) < 4.78 is 1.93. The van der Waals surface area contributed by atoms with Crippen molar-refractivity contribution in [2.24, 2.45) is 7.05 Å². The fraction of sp³-hybridized carbons (Fsp3) is 0.250. The number of aryl methyl sites for hydroxylation is 2. The van der Waals surface area contributed by atoms with E-state index in [4.69, 9.17) is 0 Å². The van der Waals surface area contributed by atoms with E-state index in [9.17, 15) is 4.79 Å². The largest absolute Gasteiger partial charge is 0.340 e. The van der Waals surface area contributed by atoms with Gasteiger partial charge in [0.15, 0.2) is 6.29 Å². The first-order valence-electron chi connectivity index (χ1n) is 3.60. The number of carbonyl (C=O) groups is 1. The molecule has 3 nitrogen and oxygen atoms in total. The highest BCUT2D eigenvalue weighted by molar-refractivity contribution is 7.18. The molecule has 2 heterocycles. The van der Waals surface area contributed by atoms with Gasteiger partial charge in [0.2, 0.25) is 0 Å². The van der Waals surface area contributed by atoms with Crippen LogP contribution in [0.5, 0.6) is 0 Å². The van der Waals surface area contributed by atoms with Crippen molar-refractivity contribution in [2.75, 3.05) is 0 Å². The molecule has 0 fully saturated rings. The van der Waals surface area contributed by atoms with E-state index in [1.165, 1.54) is 0 Å². The van der Waals surface area contributed by atoms with Gasteiger partial charge in [0, 0.05) is 13.2 Å². The van der Waals surface area contributed by atoms with Crippen molar-refractivity contribution in [3.8, 4) is 0 Å². The summed E-state index contributed by atoms with van der Waals surface area (Å²) in [7, 11) is 1.92. The van der Waals surface area contributed by atoms with Gasteiger partial charge in [-0.2, -0.15) is 0 Å². The minimum Gasteiger partial charge on any atom is -0.340 e. The first-order chi connectivity index (χ1) is 5.72. The normalized spacial score (nSPS) is 10.8. The third-order valence-electron chi connectivity index (χ3n) is 1.77. The lowest BCUT2D eigenvalue weighted by Crippen LogP contribution is -1.80. The van der Waals surface area contributed by atoms with Gasteiger partial charge in [0.05, 0.1) is 10.6 Å². The number of nitrogens with zero attached hydrogens (tertiary/aromatic N) is 2. The number of rotatable bonds is 1. The van der Waals surface area contributed by atoms with Gasteiger partial charge >= 0.3 is 0 Å². The van der Waals surface area contributed by atoms with E-state index in [2.05, 4.69) is 4.98 Å². The molecule has 2 rings (SSSR count). The van der Waals surface area contributed by atoms with Crippen molar-refractivity contribution in [2.45, 2.75) is 6.92 Å². The third kappa shape index (κ3) is 0.881. The van der Waals surface area contributed by atoms with Crippen LogP contribution in [0, 0.1) is 6.92 Å². The molecular formula is C8H8N2OS. The Balaban J connectivity index is 2.88. The number of aldehydes is 1. The summed E-state index contributed by atoms with van der Waals surface area (Å²) in [5, 5.41) is 0.999. The van der Waals surface area contributed by atoms with Gasteiger partial charge < -0.3 is 4.57 Å². The number of carbonyl (C=O) groups excluding carboxylic acids is 1. The van der Waals surface area contributed by atoms with Crippen LogP contribution in [-0.2, 0) is 7.05 Å². The maximum absolute atomic E-state index is 10.6. The first-order valence-corrected chi connectivity index (χ1v) is 4.41. The Bertz CT molecular complexity index is 441. The van der Waals surface area contributed by atoms with Gasteiger partial charge in [0.25, 0.3) is 0 Å². The summed E-state index contributed by atoms with van der Waals surface area (Å²) in [5.74, 6) is 0. The van der Waals surface area contributed by atoms with Gasteiger partial charge in [-0.1, -0.05) is 0 Å². The molecule has 0 radical (unpaired) electrons. The van der Waals surface area contributed by atoms with Crippen LogP contribution in [0.2, 0.25) is 0 Å². The lowest BCUT2D eigenvalue weighted by Gasteiger charge is -1.85. The summed E-state index contributed by atoms with van der Waals surface area (Å²) in [4.78, 5) is 15.9. The molecule has 0 unspecified atom stereocenters. The second-order valence-electron chi connectivity index (χ2n) is 2.70. The summed E-state index contributed by atoms with van der Waals surface area (Å²) >= 11 is 1.61. The van der Waals surface area contributed by atoms with Crippen molar-refractivity contribution >= 4 is 28.0 Å². The molecule has 0 bridgehead atoms. The zero-order chi connectivity index (χ0) is 8.72. The van der Waals surface area contributed by atoms with Crippen LogP contribution in [0.4, 0.5) is 0 Å².